The molecule has 3 rings (SSSR count). The molecule has 8 heteroatoms. The van der Waals surface area contributed by atoms with E-state index in [0.717, 1.165) is 0 Å². The molecule has 0 saturated carbocycles. The monoisotopic (exact) mass is 432 g/mol. The van der Waals surface area contributed by atoms with Crippen LogP contribution in [0.1, 0.15) is 33.6 Å². The van der Waals surface area contributed by atoms with Crippen LogP contribution in [0.15, 0.2) is 36.4 Å². The van der Waals surface area contributed by atoms with Gasteiger partial charge in [0.25, 0.3) is 11.8 Å². The maximum Gasteiger partial charge on any atom is 0.255 e. The van der Waals surface area contributed by atoms with Gasteiger partial charge in [-0.2, -0.15) is 0 Å². The van der Waals surface area contributed by atoms with Crippen LogP contribution >= 0.6 is 11.6 Å². The zero-order valence-electron chi connectivity index (χ0n) is 17.2. The van der Waals surface area contributed by atoms with Gasteiger partial charge in [0.05, 0.1) is 26.9 Å². The number of piperidine rings is 1. The summed E-state index contributed by atoms with van der Waals surface area (Å²) in [6, 6.07) is 10.0. The smallest absolute Gasteiger partial charge is 0.255 e. The van der Waals surface area contributed by atoms with E-state index in [0.29, 0.717) is 59.3 Å². The van der Waals surface area contributed by atoms with Crippen molar-refractivity contribution in [3.05, 3.63) is 52.5 Å². The Labute approximate surface area is 180 Å². The molecule has 7 nitrogen and oxygen atoms in total. The second kappa shape index (κ2) is 9.71. The van der Waals surface area contributed by atoms with Crippen molar-refractivity contribution in [3.63, 3.8) is 0 Å². The summed E-state index contributed by atoms with van der Waals surface area (Å²) in [5.74, 6) is 1.27. The van der Waals surface area contributed by atoms with E-state index in [9.17, 15) is 9.59 Å². The number of amides is 2. The lowest BCUT2D eigenvalue weighted by Crippen LogP contribution is -2.46. The Morgan fingerprint density at radius 1 is 0.967 bits per heavy atom. The topological polar surface area (TPSA) is 77.1 Å². The third kappa shape index (κ3) is 4.97. The molecule has 0 radical (unpaired) electrons. The normalized spacial score (nSPS) is 14.2. The fraction of sp³-hybridized carbons (Fsp3) is 0.364. The first-order valence-corrected chi connectivity index (χ1v) is 9.99. The molecular formula is C22H25ClN2O5. The van der Waals surface area contributed by atoms with Crippen molar-refractivity contribution >= 4 is 23.4 Å². The van der Waals surface area contributed by atoms with E-state index < -0.39 is 0 Å². The van der Waals surface area contributed by atoms with Crippen LogP contribution in [0, 0.1) is 0 Å². The zero-order chi connectivity index (χ0) is 21.7. The lowest BCUT2D eigenvalue weighted by Gasteiger charge is -2.32. The molecule has 0 aliphatic carbocycles. The standard InChI is InChI=1S/C22H25ClN2O5/c1-28-17-10-14(11-18(13-17)29-2)22(27)25-8-6-16(7-9-25)24-21(26)19-12-15(23)4-5-20(19)30-3/h4-5,10-13,16H,6-9H2,1-3H3,(H,24,26). The average molecular weight is 433 g/mol. The Bertz CT molecular complexity index is 903. The minimum atomic E-state index is -0.239. The molecule has 1 heterocycles. The van der Waals surface area contributed by atoms with E-state index in [1.807, 2.05) is 0 Å². The van der Waals surface area contributed by atoms with Crippen LogP contribution in [-0.2, 0) is 0 Å². The maximum absolute atomic E-state index is 12.9. The minimum absolute atomic E-state index is 0.0370. The molecule has 160 valence electrons. The summed E-state index contributed by atoms with van der Waals surface area (Å²) in [6.07, 6.45) is 1.31. The Kier molecular flexibility index (Phi) is 7.05. The Balaban J connectivity index is 1.62. The van der Waals surface area contributed by atoms with Gasteiger partial charge in [-0.3, -0.25) is 9.59 Å². The Morgan fingerprint density at radius 2 is 1.60 bits per heavy atom. The first-order valence-electron chi connectivity index (χ1n) is 9.62. The number of ether oxygens (including phenoxy) is 3. The lowest BCUT2D eigenvalue weighted by molar-refractivity contribution is 0.0697. The highest BCUT2D eigenvalue weighted by molar-refractivity contribution is 6.31. The highest BCUT2D eigenvalue weighted by Crippen LogP contribution is 2.25. The number of likely N-dealkylation sites (tertiary alicyclic amines) is 1. The van der Waals surface area contributed by atoms with Gasteiger partial charge in [-0.1, -0.05) is 11.6 Å². The number of carbonyl (C=O) groups excluding carboxylic acids is 2. The molecule has 30 heavy (non-hydrogen) atoms. The molecule has 1 aliphatic heterocycles. The summed E-state index contributed by atoms with van der Waals surface area (Å²) in [6.45, 7) is 1.08. The van der Waals surface area contributed by atoms with Gasteiger partial charge in [0, 0.05) is 35.8 Å². The van der Waals surface area contributed by atoms with Gasteiger partial charge in [-0.25, -0.2) is 0 Å². The van der Waals surface area contributed by atoms with Crippen LogP contribution in [0.25, 0.3) is 0 Å². The molecule has 0 bridgehead atoms. The van der Waals surface area contributed by atoms with E-state index in [1.165, 1.54) is 7.11 Å². The van der Waals surface area contributed by atoms with Gasteiger partial charge in [-0.15, -0.1) is 0 Å². The van der Waals surface area contributed by atoms with Gasteiger partial charge in [0.2, 0.25) is 0 Å². The predicted octanol–water partition coefficient (Wildman–Crippen LogP) is 3.40. The largest absolute Gasteiger partial charge is 0.497 e. The van der Waals surface area contributed by atoms with Crippen molar-refractivity contribution in [1.29, 1.82) is 0 Å². The van der Waals surface area contributed by atoms with Crippen molar-refractivity contribution in [1.82, 2.24) is 10.2 Å². The molecule has 2 amide bonds. The molecule has 1 fully saturated rings. The molecule has 2 aromatic rings. The molecule has 0 atom stereocenters. The summed E-state index contributed by atoms with van der Waals surface area (Å²) in [4.78, 5) is 27.3. The predicted molar refractivity (Wildman–Crippen MR) is 114 cm³/mol. The van der Waals surface area contributed by atoms with Crippen LogP contribution in [-0.4, -0.2) is 57.2 Å². The van der Waals surface area contributed by atoms with Crippen LogP contribution < -0.4 is 19.5 Å². The second-order valence-electron chi connectivity index (χ2n) is 6.99. The number of rotatable bonds is 6. The number of nitrogens with one attached hydrogen (secondary N) is 1. The minimum Gasteiger partial charge on any atom is -0.497 e. The Hall–Kier alpha value is -2.93. The summed E-state index contributed by atoms with van der Waals surface area (Å²) in [5, 5.41) is 3.48. The van der Waals surface area contributed by atoms with Crippen molar-refractivity contribution in [2.24, 2.45) is 0 Å². The van der Waals surface area contributed by atoms with Gasteiger partial charge in [0.15, 0.2) is 0 Å². The highest BCUT2D eigenvalue weighted by Gasteiger charge is 2.26. The number of benzene rings is 2. The molecule has 1 N–H and O–H groups in total. The van der Waals surface area contributed by atoms with E-state index in [-0.39, 0.29) is 17.9 Å². The van der Waals surface area contributed by atoms with Crippen LogP contribution in [0.5, 0.6) is 17.2 Å². The SMILES string of the molecule is COc1cc(OC)cc(C(=O)N2CCC(NC(=O)c3cc(Cl)ccc3OC)CC2)c1. The van der Waals surface area contributed by atoms with Crippen molar-refractivity contribution in [3.8, 4) is 17.2 Å². The molecule has 0 unspecified atom stereocenters. The molecule has 1 aliphatic rings. The van der Waals surface area contributed by atoms with Crippen LogP contribution in [0.4, 0.5) is 0 Å². The summed E-state index contributed by atoms with van der Waals surface area (Å²) < 4.78 is 15.7. The lowest BCUT2D eigenvalue weighted by atomic mass is 10.0. The second-order valence-corrected chi connectivity index (χ2v) is 7.42. The third-order valence-corrected chi connectivity index (χ3v) is 5.36. The third-order valence-electron chi connectivity index (χ3n) is 5.12. The number of carbonyl (C=O) groups is 2. The van der Waals surface area contributed by atoms with Crippen LogP contribution in [0.2, 0.25) is 5.02 Å². The molecular weight excluding hydrogens is 408 g/mol. The quantitative estimate of drug-likeness (QED) is 0.757. The number of hydrogen-bond donors (Lipinski definition) is 1. The van der Waals surface area contributed by atoms with E-state index in [2.05, 4.69) is 5.32 Å². The average Bonchev–Trinajstić information content (AvgIpc) is 2.78. The summed E-state index contributed by atoms with van der Waals surface area (Å²) >= 11 is 6.02. The van der Waals surface area contributed by atoms with E-state index in [1.54, 1.807) is 55.5 Å². The molecule has 1 saturated heterocycles. The molecule has 2 aromatic carbocycles. The molecule has 0 aromatic heterocycles. The van der Waals surface area contributed by atoms with Crippen molar-refractivity contribution in [2.75, 3.05) is 34.4 Å². The van der Waals surface area contributed by atoms with E-state index in [4.69, 9.17) is 25.8 Å². The van der Waals surface area contributed by atoms with E-state index >= 15 is 0 Å². The highest BCUT2D eigenvalue weighted by atomic mass is 35.5. The number of halogens is 1. The summed E-state index contributed by atoms with van der Waals surface area (Å²) in [5.41, 5.74) is 0.907. The van der Waals surface area contributed by atoms with Crippen LogP contribution in [0.3, 0.4) is 0 Å². The summed E-state index contributed by atoms with van der Waals surface area (Å²) in [7, 11) is 4.61. The number of nitrogens with zero attached hydrogens (tertiary/aromatic N) is 1. The molecule has 0 spiro atoms. The fourth-order valence-electron chi connectivity index (χ4n) is 3.46. The van der Waals surface area contributed by atoms with Gasteiger partial charge in [0.1, 0.15) is 17.2 Å². The first kappa shape index (κ1) is 21.8. The van der Waals surface area contributed by atoms with Gasteiger partial charge >= 0.3 is 0 Å². The first-order chi connectivity index (χ1) is 14.4. The van der Waals surface area contributed by atoms with Crippen molar-refractivity contribution < 1.29 is 23.8 Å². The number of methoxy groups -OCH3 is 3. The van der Waals surface area contributed by atoms with Gasteiger partial charge in [-0.05, 0) is 43.2 Å². The zero-order valence-corrected chi connectivity index (χ0v) is 18.0. The number of hydrogen-bond acceptors (Lipinski definition) is 5. The fourth-order valence-corrected chi connectivity index (χ4v) is 3.63. The van der Waals surface area contributed by atoms with Gasteiger partial charge < -0.3 is 24.4 Å². The van der Waals surface area contributed by atoms with Crippen molar-refractivity contribution in [2.45, 2.75) is 18.9 Å². The maximum atomic E-state index is 12.9. The Morgan fingerprint density at radius 3 is 2.17 bits per heavy atom.